The number of anilines is 1. The monoisotopic (exact) mass is 351 g/mol. The average Bonchev–Trinajstić information content (AvgIpc) is 2.59. The zero-order valence-corrected chi connectivity index (χ0v) is 16.1. The molecule has 138 valence electrons. The standard InChI is InChI=1S/C22H29N3O/c1-17-5-4-6-20(14-17)15-24-9-11-25(12-10-24)16-22(26)23-21-8-7-18(2)13-19(21)3/h4-8,13-14H,9-12,15-16H2,1-3H3,(H,23,26). The van der Waals surface area contributed by atoms with Crippen LogP contribution in [0.2, 0.25) is 0 Å². The number of carbonyl (C=O) groups is 1. The minimum Gasteiger partial charge on any atom is -0.325 e. The van der Waals surface area contributed by atoms with Crippen molar-refractivity contribution in [1.29, 1.82) is 0 Å². The number of carbonyl (C=O) groups excluding carboxylic acids is 1. The first-order chi connectivity index (χ1) is 12.5. The Balaban J connectivity index is 1.45. The lowest BCUT2D eigenvalue weighted by Gasteiger charge is -2.34. The predicted molar refractivity (Wildman–Crippen MR) is 107 cm³/mol. The molecule has 3 rings (SSSR count). The predicted octanol–water partition coefficient (Wildman–Crippen LogP) is 3.37. The van der Waals surface area contributed by atoms with E-state index >= 15 is 0 Å². The van der Waals surface area contributed by atoms with Gasteiger partial charge in [0.1, 0.15) is 0 Å². The summed E-state index contributed by atoms with van der Waals surface area (Å²) >= 11 is 0. The van der Waals surface area contributed by atoms with Crippen LogP contribution in [0.5, 0.6) is 0 Å². The molecular weight excluding hydrogens is 322 g/mol. The molecule has 1 aliphatic rings. The lowest BCUT2D eigenvalue weighted by molar-refractivity contribution is -0.117. The Bertz CT molecular complexity index is 764. The second-order valence-corrected chi connectivity index (χ2v) is 7.41. The molecule has 0 atom stereocenters. The first-order valence-corrected chi connectivity index (χ1v) is 9.37. The Kier molecular flexibility index (Phi) is 6.07. The molecule has 1 heterocycles. The molecule has 1 amide bonds. The third-order valence-corrected chi connectivity index (χ3v) is 4.98. The molecule has 1 aliphatic heterocycles. The first kappa shape index (κ1) is 18.6. The lowest BCUT2D eigenvalue weighted by atomic mass is 10.1. The molecule has 1 fully saturated rings. The molecule has 1 saturated heterocycles. The quantitative estimate of drug-likeness (QED) is 0.897. The number of benzene rings is 2. The molecule has 2 aromatic rings. The fraction of sp³-hybridized carbons (Fsp3) is 0.409. The molecular formula is C22H29N3O. The summed E-state index contributed by atoms with van der Waals surface area (Å²) in [7, 11) is 0. The molecule has 0 bridgehead atoms. The van der Waals surface area contributed by atoms with E-state index in [0.717, 1.165) is 44.0 Å². The molecule has 4 heteroatoms. The topological polar surface area (TPSA) is 35.6 Å². The van der Waals surface area contributed by atoms with Crippen LogP contribution >= 0.6 is 0 Å². The van der Waals surface area contributed by atoms with E-state index in [1.165, 1.54) is 16.7 Å². The van der Waals surface area contributed by atoms with E-state index in [9.17, 15) is 4.79 Å². The summed E-state index contributed by atoms with van der Waals surface area (Å²) in [6.45, 7) is 11.6. The van der Waals surface area contributed by atoms with Crippen LogP contribution in [0.25, 0.3) is 0 Å². The van der Waals surface area contributed by atoms with Gasteiger partial charge in [0.15, 0.2) is 0 Å². The molecule has 26 heavy (non-hydrogen) atoms. The molecule has 0 spiro atoms. The van der Waals surface area contributed by atoms with Gasteiger partial charge >= 0.3 is 0 Å². The van der Waals surface area contributed by atoms with Crippen molar-refractivity contribution in [3.63, 3.8) is 0 Å². The molecule has 1 N–H and O–H groups in total. The van der Waals surface area contributed by atoms with Crippen LogP contribution in [-0.4, -0.2) is 48.4 Å². The van der Waals surface area contributed by atoms with Gasteiger partial charge in [-0.15, -0.1) is 0 Å². The molecule has 2 aromatic carbocycles. The summed E-state index contributed by atoms with van der Waals surface area (Å²) in [5, 5.41) is 3.05. The van der Waals surface area contributed by atoms with E-state index in [1.54, 1.807) is 0 Å². The molecule has 0 aromatic heterocycles. The fourth-order valence-corrected chi connectivity index (χ4v) is 3.52. The van der Waals surface area contributed by atoms with Crippen LogP contribution in [0.1, 0.15) is 22.3 Å². The van der Waals surface area contributed by atoms with E-state index in [-0.39, 0.29) is 5.91 Å². The fourth-order valence-electron chi connectivity index (χ4n) is 3.52. The summed E-state index contributed by atoms with van der Waals surface area (Å²) < 4.78 is 0. The normalized spacial score (nSPS) is 15.8. The molecule has 0 radical (unpaired) electrons. The SMILES string of the molecule is Cc1cccc(CN2CCN(CC(=O)Nc3ccc(C)cc3C)CC2)c1. The summed E-state index contributed by atoms with van der Waals surface area (Å²) in [4.78, 5) is 17.1. The Hall–Kier alpha value is -2.17. The highest BCUT2D eigenvalue weighted by Gasteiger charge is 2.19. The summed E-state index contributed by atoms with van der Waals surface area (Å²) in [6.07, 6.45) is 0. The maximum absolute atomic E-state index is 12.4. The maximum atomic E-state index is 12.4. The second kappa shape index (κ2) is 8.47. The van der Waals surface area contributed by atoms with E-state index in [4.69, 9.17) is 0 Å². The zero-order valence-electron chi connectivity index (χ0n) is 16.1. The number of nitrogens with zero attached hydrogens (tertiary/aromatic N) is 2. The van der Waals surface area contributed by atoms with Gasteiger partial charge in [0, 0.05) is 38.4 Å². The Morgan fingerprint density at radius 1 is 0.923 bits per heavy atom. The number of hydrogen-bond donors (Lipinski definition) is 1. The van der Waals surface area contributed by atoms with Crippen LogP contribution in [0, 0.1) is 20.8 Å². The minimum atomic E-state index is 0.0732. The van der Waals surface area contributed by atoms with Gasteiger partial charge in [-0.2, -0.15) is 0 Å². The van der Waals surface area contributed by atoms with Gasteiger partial charge in [-0.3, -0.25) is 14.6 Å². The first-order valence-electron chi connectivity index (χ1n) is 9.37. The van der Waals surface area contributed by atoms with Crippen molar-refractivity contribution in [2.45, 2.75) is 27.3 Å². The molecule has 0 aliphatic carbocycles. The van der Waals surface area contributed by atoms with Gasteiger partial charge in [-0.1, -0.05) is 47.5 Å². The Morgan fingerprint density at radius 3 is 2.31 bits per heavy atom. The Labute approximate surface area is 156 Å². The van der Waals surface area contributed by atoms with Crippen molar-refractivity contribution in [3.8, 4) is 0 Å². The van der Waals surface area contributed by atoms with Crippen LogP contribution in [-0.2, 0) is 11.3 Å². The zero-order chi connectivity index (χ0) is 18.5. The van der Waals surface area contributed by atoms with E-state index < -0.39 is 0 Å². The number of amides is 1. The van der Waals surface area contributed by atoms with Gasteiger partial charge < -0.3 is 5.32 Å². The highest BCUT2D eigenvalue weighted by atomic mass is 16.2. The van der Waals surface area contributed by atoms with Gasteiger partial charge in [0.05, 0.1) is 6.54 Å². The number of piperazine rings is 1. The summed E-state index contributed by atoms with van der Waals surface area (Å²) in [6, 6.07) is 14.8. The smallest absolute Gasteiger partial charge is 0.238 e. The molecule has 0 unspecified atom stereocenters. The van der Waals surface area contributed by atoms with Gasteiger partial charge in [0.2, 0.25) is 5.91 Å². The summed E-state index contributed by atoms with van der Waals surface area (Å²) in [5.74, 6) is 0.0732. The van der Waals surface area contributed by atoms with Gasteiger partial charge in [0.25, 0.3) is 0 Å². The van der Waals surface area contributed by atoms with Crippen molar-refractivity contribution in [2.24, 2.45) is 0 Å². The van der Waals surface area contributed by atoms with Crippen molar-refractivity contribution in [3.05, 3.63) is 64.7 Å². The molecule has 0 saturated carbocycles. The van der Waals surface area contributed by atoms with Crippen molar-refractivity contribution >= 4 is 11.6 Å². The highest BCUT2D eigenvalue weighted by molar-refractivity contribution is 5.93. The van der Waals surface area contributed by atoms with Crippen LogP contribution < -0.4 is 5.32 Å². The average molecular weight is 351 g/mol. The van der Waals surface area contributed by atoms with E-state index in [0.29, 0.717) is 6.54 Å². The number of rotatable bonds is 5. The summed E-state index contributed by atoms with van der Waals surface area (Å²) in [5.41, 5.74) is 5.92. The number of aryl methyl sites for hydroxylation is 3. The number of nitrogens with one attached hydrogen (secondary N) is 1. The third-order valence-electron chi connectivity index (χ3n) is 4.98. The van der Waals surface area contributed by atoms with Crippen LogP contribution in [0.15, 0.2) is 42.5 Å². The molecule has 4 nitrogen and oxygen atoms in total. The van der Waals surface area contributed by atoms with E-state index in [2.05, 4.69) is 59.3 Å². The van der Waals surface area contributed by atoms with Crippen molar-refractivity contribution in [1.82, 2.24) is 9.80 Å². The van der Waals surface area contributed by atoms with Gasteiger partial charge in [-0.05, 0) is 38.0 Å². The lowest BCUT2D eigenvalue weighted by Crippen LogP contribution is -2.48. The van der Waals surface area contributed by atoms with Crippen molar-refractivity contribution in [2.75, 3.05) is 38.0 Å². The van der Waals surface area contributed by atoms with Crippen LogP contribution in [0.3, 0.4) is 0 Å². The minimum absolute atomic E-state index is 0.0732. The second-order valence-electron chi connectivity index (χ2n) is 7.41. The Morgan fingerprint density at radius 2 is 1.62 bits per heavy atom. The largest absolute Gasteiger partial charge is 0.325 e. The third kappa shape index (κ3) is 5.16. The van der Waals surface area contributed by atoms with Crippen LogP contribution in [0.4, 0.5) is 5.69 Å². The van der Waals surface area contributed by atoms with E-state index in [1.807, 2.05) is 19.1 Å². The van der Waals surface area contributed by atoms with Crippen molar-refractivity contribution < 1.29 is 4.79 Å². The number of hydrogen-bond acceptors (Lipinski definition) is 3. The van der Waals surface area contributed by atoms with Gasteiger partial charge in [-0.25, -0.2) is 0 Å². The highest BCUT2D eigenvalue weighted by Crippen LogP contribution is 2.16. The maximum Gasteiger partial charge on any atom is 0.238 e.